The summed E-state index contributed by atoms with van der Waals surface area (Å²) in [5, 5.41) is 12.1. The molecule has 0 unspecified atom stereocenters. The second-order valence-electron chi connectivity index (χ2n) is 6.20. The van der Waals surface area contributed by atoms with E-state index in [1.54, 1.807) is 4.57 Å². The number of pyridine rings is 1. The first kappa shape index (κ1) is 18.5. The van der Waals surface area contributed by atoms with Gasteiger partial charge in [0, 0.05) is 30.6 Å². The van der Waals surface area contributed by atoms with E-state index in [1.807, 2.05) is 78.9 Å². The minimum atomic E-state index is -0.281. The zero-order chi connectivity index (χ0) is 18.4. The van der Waals surface area contributed by atoms with E-state index in [9.17, 15) is 9.90 Å². The number of hydrogen-bond acceptors (Lipinski definition) is 4. The van der Waals surface area contributed by atoms with Crippen molar-refractivity contribution < 1.29 is 24.6 Å². The fraction of sp³-hybridized carbons (Fsp3) is 0. The first-order chi connectivity index (χ1) is 13.2. The van der Waals surface area contributed by atoms with Crippen LogP contribution in [0.4, 0.5) is 0 Å². The number of aromatic hydroxyl groups is 1. The van der Waals surface area contributed by atoms with Crippen LogP contribution in [-0.4, -0.2) is 14.7 Å². The molecule has 0 saturated carbocycles. The molecule has 6 heteroatoms. The average Bonchev–Trinajstić information content (AvgIpc) is 3.12. The van der Waals surface area contributed by atoms with Crippen molar-refractivity contribution in [3.05, 3.63) is 89.2 Å². The molecule has 0 aliphatic rings. The van der Waals surface area contributed by atoms with Gasteiger partial charge in [0.25, 0.3) is 5.56 Å². The van der Waals surface area contributed by atoms with Crippen LogP contribution in [0.15, 0.2) is 83.7 Å². The van der Waals surface area contributed by atoms with E-state index in [1.165, 1.54) is 11.3 Å². The Kier molecular flexibility index (Phi) is 4.84. The van der Waals surface area contributed by atoms with E-state index in [4.69, 9.17) is 0 Å². The minimum absolute atomic E-state index is 0. The maximum Gasteiger partial charge on any atom is 0.269 e. The molecule has 5 rings (SSSR count). The maximum absolute atomic E-state index is 13.5. The van der Waals surface area contributed by atoms with Crippen LogP contribution in [0, 0.1) is 0 Å². The van der Waals surface area contributed by atoms with Gasteiger partial charge in [-0.3, -0.25) is 9.36 Å². The predicted molar refractivity (Wildman–Crippen MR) is 110 cm³/mol. The van der Waals surface area contributed by atoms with Crippen LogP contribution in [-0.2, 0) is 19.5 Å². The van der Waals surface area contributed by atoms with Gasteiger partial charge in [-0.15, -0.1) is 11.3 Å². The third-order valence-corrected chi connectivity index (χ3v) is 5.63. The smallest absolute Gasteiger partial charge is 0.269 e. The van der Waals surface area contributed by atoms with E-state index in [-0.39, 0.29) is 36.4 Å². The standard InChI is InChI=1S/C22H14N2O2S.Zn/c25-20-15-10-4-6-12-17(15)24(14-8-2-1-3-9-14)22(26)19(20)21-23-16-11-5-7-13-18(16)27-21;/h1-13,25H;. The van der Waals surface area contributed by atoms with Gasteiger partial charge in [0.05, 0.1) is 15.7 Å². The molecular formula is C22H14N2O2SZn. The third kappa shape index (κ3) is 2.86. The molecule has 4 nitrogen and oxygen atoms in total. The van der Waals surface area contributed by atoms with E-state index in [2.05, 4.69) is 4.98 Å². The Balaban J connectivity index is 0.00000192. The Morgan fingerprint density at radius 3 is 2.32 bits per heavy atom. The van der Waals surface area contributed by atoms with Crippen molar-refractivity contribution in [1.82, 2.24) is 9.55 Å². The van der Waals surface area contributed by atoms with Crippen molar-refractivity contribution in [2.75, 3.05) is 0 Å². The molecule has 0 radical (unpaired) electrons. The van der Waals surface area contributed by atoms with Crippen molar-refractivity contribution >= 4 is 32.5 Å². The quantitative estimate of drug-likeness (QED) is 0.398. The van der Waals surface area contributed by atoms with Gasteiger partial charge in [0.15, 0.2) is 0 Å². The van der Waals surface area contributed by atoms with Crippen LogP contribution in [0.5, 0.6) is 5.75 Å². The monoisotopic (exact) mass is 434 g/mol. The molecule has 3 aromatic carbocycles. The molecule has 28 heavy (non-hydrogen) atoms. The normalized spacial score (nSPS) is 10.9. The zero-order valence-corrected chi connectivity index (χ0v) is 18.7. The Morgan fingerprint density at radius 1 is 0.857 bits per heavy atom. The molecular weight excluding hydrogens is 422 g/mol. The molecule has 0 saturated heterocycles. The molecule has 0 aliphatic carbocycles. The molecule has 0 atom stereocenters. The van der Waals surface area contributed by atoms with Gasteiger partial charge in [0.1, 0.15) is 16.3 Å². The number of aromatic nitrogens is 2. The molecule has 5 aromatic rings. The molecule has 132 valence electrons. The van der Waals surface area contributed by atoms with E-state index >= 15 is 0 Å². The van der Waals surface area contributed by atoms with E-state index < -0.39 is 0 Å². The second kappa shape index (κ2) is 7.30. The number of benzene rings is 3. The van der Waals surface area contributed by atoms with Gasteiger partial charge < -0.3 is 5.11 Å². The molecule has 0 aliphatic heterocycles. The van der Waals surface area contributed by atoms with Gasteiger partial charge in [-0.1, -0.05) is 42.5 Å². The van der Waals surface area contributed by atoms with Gasteiger partial charge >= 0.3 is 0 Å². The zero-order valence-electron chi connectivity index (χ0n) is 14.9. The summed E-state index contributed by atoms with van der Waals surface area (Å²) >= 11 is 1.41. The first-order valence-corrected chi connectivity index (χ1v) is 9.34. The number of hydrogen-bond donors (Lipinski definition) is 1. The molecule has 0 fully saturated rings. The molecule has 0 amide bonds. The summed E-state index contributed by atoms with van der Waals surface area (Å²) < 4.78 is 2.61. The summed E-state index contributed by atoms with van der Waals surface area (Å²) in [5.74, 6) is -0.0261. The Hall–Kier alpha value is -2.82. The Labute approximate surface area is 177 Å². The summed E-state index contributed by atoms with van der Waals surface area (Å²) in [5.41, 5.74) is 2.18. The van der Waals surface area contributed by atoms with Gasteiger partial charge in [-0.2, -0.15) is 0 Å². The second-order valence-corrected chi connectivity index (χ2v) is 7.23. The summed E-state index contributed by atoms with van der Waals surface area (Å²) in [6.07, 6.45) is 0. The maximum atomic E-state index is 13.5. The molecule has 2 heterocycles. The number of rotatable bonds is 2. The van der Waals surface area contributed by atoms with Crippen LogP contribution >= 0.6 is 11.3 Å². The average molecular weight is 436 g/mol. The summed E-state index contributed by atoms with van der Waals surface area (Å²) in [6.45, 7) is 0. The van der Waals surface area contributed by atoms with Crippen LogP contribution in [0.2, 0.25) is 0 Å². The van der Waals surface area contributed by atoms with Crippen LogP contribution in [0.1, 0.15) is 0 Å². The fourth-order valence-electron chi connectivity index (χ4n) is 3.33. The predicted octanol–water partition coefficient (Wildman–Crippen LogP) is 4.97. The third-order valence-electron chi connectivity index (χ3n) is 4.58. The minimum Gasteiger partial charge on any atom is -0.506 e. The van der Waals surface area contributed by atoms with Gasteiger partial charge in [0.2, 0.25) is 0 Å². The van der Waals surface area contributed by atoms with E-state index in [0.717, 1.165) is 15.9 Å². The molecule has 2 aromatic heterocycles. The van der Waals surface area contributed by atoms with E-state index in [0.29, 0.717) is 15.9 Å². The Bertz CT molecular complexity index is 1330. The molecule has 0 spiro atoms. The number of fused-ring (bicyclic) bond motifs is 2. The van der Waals surface area contributed by atoms with Crippen molar-refractivity contribution in [3.8, 4) is 22.0 Å². The van der Waals surface area contributed by atoms with Crippen molar-refractivity contribution in [1.29, 1.82) is 0 Å². The van der Waals surface area contributed by atoms with Crippen molar-refractivity contribution in [2.24, 2.45) is 0 Å². The molecule has 0 bridgehead atoms. The summed E-state index contributed by atoms with van der Waals surface area (Å²) in [4.78, 5) is 18.0. The van der Waals surface area contributed by atoms with Crippen LogP contribution < -0.4 is 5.56 Å². The van der Waals surface area contributed by atoms with Crippen LogP contribution in [0.25, 0.3) is 37.4 Å². The van der Waals surface area contributed by atoms with Crippen molar-refractivity contribution in [2.45, 2.75) is 0 Å². The fourth-order valence-corrected chi connectivity index (χ4v) is 4.33. The SMILES string of the molecule is O=c1c(-c2nc3ccccc3s2)c(O)c2ccccc2n1-c1ccccc1.[Zn]. The topological polar surface area (TPSA) is 55.1 Å². The van der Waals surface area contributed by atoms with Gasteiger partial charge in [-0.25, -0.2) is 4.98 Å². The number of para-hydroxylation sites is 3. The number of nitrogens with zero attached hydrogens (tertiary/aromatic N) is 2. The Morgan fingerprint density at radius 2 is 1.54 bits per heavy atom. The number of thiazole rings is 1. The van der Waals surface area contributed by atoms with Crippen molar-refractivity contribution in [3.63, 3.8) is 0 Å². The summed E-state index contributed by atoms with van der Waals surface area (Å²) in [6, 6.07) is 24.5. The van der Waals surface area contributed by atoms with Crippen LogP contribution in [0.3, 0.4) is 0 Å². The van der Waals surface area contributed by atoms with Gasteiger partial charge in [-0.05, 0) is 36.4 Å². The molecule has 1 N–H and O–H groups in total. The largest absolute Gasteiger partial charge is 0.506 e. The first-order valence-electron chi connectivity index (χ1n) is 8.52. The summed E-state index contributed by atoms with van der Waals surface area (Å²) in [7, 11) is 0.